The van der Waals surface area contributed by atoms with Gasteiger partial charge in [0, 0.05) is 27.2 Å². The van der Waals surface area contributed by atoms with Gasteiger partial charge in [0.2, 0.25) is 10.0 Å². The Bertz CT molecular complexity index is 514. The second-order valence-corrected chi connectivity index (χ2v) is 6.80. The largest absolute Gasteiger partial charge is 0.350 e. The number of halogens is 1. The van der Waals surface area contributed by atoms with Crippen LogP contribution in [0.25, 0.3) is 0 Å². The molecule has 0 saturated carbocycles. The van der Waals surface area contributed by atoms with Crippen molar-refractivity contribution in [2.45, 2.75) is 4.90 Å². The molecule has 0 aliphatic heterocycles. The second kappa shape index (κ2) is 7.81. The Morgan fingerprint density at radius 1 is 1.37 bits per heavy atom. The van der Waals surface area contributed by atoms with Crippen LogP contribution in [0.3, 0.4) is 0 Å². The quantitative estimate of drug-likeness (QED) is 0.740. The van der Waals surface area contributed by atoms with Gasteiger partial charge in [-0.1, -0.05) is 0 Å². The summed E-state index contributed by atoms with van der Waals surface area (Å²) < 4.78 is 25.1. The second-order valence-electron chi connectivity index (χ2n) is 3.76. The Morgan fingerprint density at radius 2 is 2.00 bits per heavy atom. The van der Waals surface area contributed by atoms with Crippen LogP contribution in [0.1, 0.15) is 9.67 Å². The first-order valence-corrected chi connectivity index (χ1v) is 7.66. The molecule has 0 aliphatic carbocycles. The summed E-state index contributed by atoms with van der Waals surface area (Å²) in [5, 5.41) is 7.16. The standard InChI is InChI=1S/C10H17N3O3S2.ClH/c1-11-5-6-12-10(14)9-8(4-7-17-9)18(15,16)13(2)3;/h4,7,11H,5-6H2,1-3H3,(H,12,14);1H. The van der Waals surface area contributed by atoms with Crippen molar-refractivity contribution in [2.24, 2.45) is 0 Å². The van der Waals surface area contributed by atoms with Crippen LogP contribution in [0.15, 0.2) is 16.3 Å². The lowest BCUT2D eigenvalue weighted by Crippen LogP contribution is -2.31. The van der Waals surface area contributed by atoms with Crippen LogP contribution in [0.5, 0.6) is 0 Å². The third-order valence-electron chi connectivity index (χ3n) is 2.25. The Balaban J connectivity index is 0.00000324. The van der Waals surface area contributed by atoms with E-state index in [0.29, 0.717) is 13.1 Å². The number of nitrogens with one attached hydrogen (secondary N) is 2. The van der Waals surface area contributed by atoms with Crippen molar-refractivity contribution in [3.05, 3.63) is 16.3 Å². The van der Waals surface area contributed by atoms with E-state index in [9.17, 15) is 13.2 Å². The van der Waals surface area contributed by atoms with E-state index in [-0.39, 0.29) is 28.1 Å². The van der Waals surface area contributed by atoms with Gasteiger partial charge in [-0.25, -0.2) is 12.7 Å². The molecule has 0 radical (unpaired) electrons. The molecule has 1 heterocycles. The molecule has 9 heteroatoms. The predicted octanol–water partition coefficient (Wildman–Crippen LogP) is 0.369. The van der Waals surface area contributed by atoms with Crippen LogP contribution in [-0.4, -0.2) is 52.9 Å². The van der Waals surface area contributed by atoms with Crippen LogP contribution in [0.4, 0.5) is 0 Å². The van der Waals surface area contributed by atoms with Crippen LogP contribution in [0, 0.1) is 0 Å². The lowest BCUT2D eigenvalue weighted by molar-refractivity contribution is 0.0955. The molecule has 0 aromatic carbocycles. The van der Waals surface area contributed by atoms with Crippen molar-refractivity contribution in [3.63, 3.8) is 0 Å². The predicted molar refractivity (Wildman–Crippen MR) is 78.7 cm³/mol. The third-order valence-corrected chi connectivity index (χ3v) is 5.15. The Morgan fingerprint density at radius 3 is 2.53 bits per heavy atom. The fourth-order valence-corrected chi connectivity index (χ4v) is 3.45. The van der Waals surface area contributed by atoms with Gasteiger partial charge in [0.25, 0.3) is 5.91 Å². The zero-order valence-corrected chi connectivity index (χ0v) is 13.4. The minimum Gasteiger partial charge on any atom is -0.350 e. The number of hydrogen-bond donors (Lipinski definition) is 2. The van der Waals surface area contributed by atoms with Crippen molar-refractivity contribution in [3.8, 4) is 0 Å². The Kier molecular flexibility index (Phi) is 7.53. The molecule has 0 aliphatic rings. The Labute approximate surface area is 123 Å². The van der Waals surface area contributed by atoms with Crippen LogP contribution in [-0.2, 0) is 10.0 Å². The topological polar surface area (TPSA) is 78.5 Å². The summed E-state index contributed by atoms with van der Waals surface area (Å²) in [6, 6.07) is 1.45. The van der Waals surface area contributed by atoms with Crippen molar-refractivity contribution in [1.29, 1.82) is 0 Å². The highest BCUT2D eigenvalue weighted by Crippen LogP contribution is 2.23. The SMILES string of the molecule is CNCCNC(=O)c1sccc1S(=O)(=O)N(C)C.Cl. The molecule has 0 atom stereocenters. The number of thiophene rings is 1. The summed E-state index contributed by atoms with van der Waals surface area (Å²) in [4.78, 5) is 12.1. The van der Waals surface area contributed by atoms with Gasteiger partial charge in [-0.2, -0.15) is 0 Å². The number of carbonyl (C=O) groups is 1. The zero-order chi connectivity index (χ0) is 13.8. The molecule has 1 rings (SSSR count). The fraction of sp³-hybridized carbons (Fsp3) is 0.500. The number of sulfonamides is 1. The monoisotopic (exact) mass is 327 g/mol. The Hall–Kier alpha value is -0.670. The van der Waals surface area contributed by atoms with E-state index in [1.165, 1.54) is 20.2 Å². The summed E-state index contributed by atoms with van der Waals surface area (Å²) in [6.07, 6.45) is 0. The number of nitrogens with zero attached hydrogens (tertiary/aromatic N) is 1. The first-order valence-electron chi connectivity index (χ1n) is 5.34. The molecule has 6 nitrogen and oxygen atoms in total. The molecule has 19 heavy (non-hydrogen) atoms. The summed E-state index contributed by atoms with van der Waals surface area (Å²) in [5.74, 6) is -0.360. The summed E-state index contributed by atoms with van der Waals surface area (Å²) in [6.45, 7) is 1.08. The molecule has 0 fully saturated rings. The van der Waals surface area contributed by atoms with Gasteiger partial charge in [-0.3, -0.25) is 4.79 Å². The highest BCUT2D eigenvalue weighted by Gasteiger charge is 2.25. The van der Waals surface area contributed by atoms with E-state index >= 15 is 0 Å². The lowest BCUT2D eigenvalue weighted by atomic mass is 10.4. The minimum atomic E-state index is -3.57. The van der Waals surface area contributed by atoms with Crippen molar-refractivity contribution >= 4 is 39.7 Å². The average Bonchev–Trinajstić information content (AvgIpc) is 2.78. The summed E-state index contributed by atoms with van der Waals surface area (Å²) in [7, 11) is 1.08. The van der Waals surface area contributed by atoms with E-state index in [4.69, 9.17) is 0 Å². The maximum absolute atomic E-state index is 12.0. The third kappa shape index (κ3) is 4.43. The van der Waals surface area contributed by atoms with Gasteiger partial charge in [-0.15, -0.1) is 23.7 Å². The van der Waals surface area contributed by atoms with Crippen molar-refractivity contribution < 1.29 is 13.2 Å². The average molecular weight is 328 g/mol. The van der Waals surface area contributed by atoms with Gasteiger partial charge in [0.15, 0.2) is 0 Å². The zero-order valence-electron chi connectivity index (χ0n) is 11.0. The highest BCUT2D eigenvalue weighted by molar-refractivity contribution is 7.89. The molecule has 0 saturated heterocycles. The highest BCUT2D eigenvalue weighted by atomic mass is 35.5. The smallest absolute Gasteiger partial charge is 0.262 e. The van der Waals surface area contributed by atoms with Crippen molar-refractivity contribution in [1.82, 2.24) is 14.9 Å². The molecule has 0 spiro atoms. The first-order chi connectivity index (χ1) is 8.41. The molecule has 1 aromatic rings. The lowest BCUT2D eigenvalue weighted by Gasteiger charge is -2.11. The number of rotatable bonds is 6. The van der Waals surface area contributed by atoms with E-state index in [1.807, 2.05) is 0 Å². The van der Waals surface area contributed by atoms with Crippen LogP contribution >= 0.6 is 23.7 Å². The number of hydrogen-bond acceptors (Lipinski definition) is 5. The van der Waals surface area contributed by atoms with E-state index < -0.39 is 10.0 Å². The van der Waals surface area contributed by atoms with Gasteiger partial charge in [0.1, 0.15) is 9.77 Å². The number of carbonyl (C=O) groups excluding carboxylic acids is 1. The van der Waals surface area contributed by atoms with Gasteiger partial charge < -0.3 is 10.6 Å². The van der Waals surface area contributed by atoms with Crippen LogP contribution < -0.4 is 10.6 Å². The van der Waals surface area contributed by atoms with E-state index in [1.54, 1.807) is 12.4 Å². The molecule has 1 aromatic heterocycles. The molecule has 2 N–H and O–H groups in total. The molecule has 0 unspecified atom stereocenters. The molecule has 0 bridgehead atoms. The number of amides is 1. The van der Waals surface area contributed by atoms with E-state index in [2.05, 4.69) is 10.6 Å². The van der Waals surface area contributed by atoms with Gasteiger partial charge in [-0.05, 0) is 18.5 Å². The summed E-state index contributed by atoms with van der Waals surface area (Å²) in [5.41, 5.74) is 0. The summed E-state index contributed by atoms with van der Waals surface area (Å²) >= 11 is 1.12. The van der Waals surface area contributed by atoms with E-state index in [0.717, 1.165) is 15.6 Å². The van der Waals surface area contributed by atoms with Crippen molar-refractivity contribution in [2.75, 3.05) is 34.2 Å². The molecule has 110 valence electrons. The molecular formula is C10H18ClN3O3S2. The fourth-order valence-electron chi connectivity index (χ4n) is 1.24. The molecular weight excluding hydrogens is 310 g/mol. The van der Waals surface area contributed by atoms with Gasteiger partial charge in [0.05, 0.1) is 0 Å². The van der Waals surface area contributed by atoms with Crippen LogP contribution in [0.2, 0.25) is 0 Å². The first kappa shape index (κ1) is 18.3. The minimum absolute atomic E-state index is 0. The molecule has 1 amide bonds. The maximum atomic E-state index is 12.0. The maximum Gasteiger partial charge on any atom is 0.262 e. The number of likely N-dealkylation sites (N-methyl/N-ethyl adjacent to an activating group) is 1. The van der Waals surface area contributed by atoms with Gasteiger partial charge >= 0.3 is 0 Å². The normalized spacial score (nSPS) is 11.2.